The van der Waals surface area contributed by atoms with Gasteiger partial charge < -0.3 is 4.98 Å². The number of aromatic amines is 1. The van der Waals surface area contributed by atoms with Crippen molar-refractivity contribution in [2.75, 3.05) is 4.90 Å². The van der Waals surface area contributed by atoms with Crippen molar-refractivity contribution in [3.05, 3.63) is 182 Å². The standard InChI is InChI=1S/C47H31N5/c1-2-16-37-31(11-1)13-9-22-45(37)52(46-23-5-6-25-49-46)35-15-7-14-33(27-35)43-28-34(36-18-8-12-32-24-26-48-30-41(32)36)29-44(50-43)40-20-10-19-39-38-17-3-4-21-42(38)51-47(39)40/h1-30,51H. The van der Waals surface area contributed by atoms with E-state index in [0.29, 0.717) is 0 Å². The van der Waals surface area contributed by atoms with Crippen LogP contribution in [0.3, 0.4) is 0 Å². The molecule has 6 aromatic carbocycles. The number of nitrogens with zero attached hydrogens (tertiary/aromatic N) is 4. The summed E-state index contributed by atoms with van der Waals surface area (Å²) in [6, 6.07) is 57.4. The molecule has 0 bridgehead atoms. The van der Waals surface area contributed by atoms with Gasteiger partial charge in [-0.25, -0.2) is 9.97 Å². The van der Waals surface area contributed by atoms with Gasteiger partial charge in [-0.1, -0.05) is 109 Å². The van der Waals surface area contributed by atoms with Crippen LogP contribution in [0.5, 0.6) is 0 Å². The van der Waals surface area contributed by atoms with Gasteiger partial charge in [0, 0.05) is 62.5 Å². The van der Waals surface area contributed by atoms with Crippen molar-refractivity contribution in [2.24, 2.45) is 0 Å². The van der Waals surface area contributed by atoms with Gasteiger partial charge in [-0.3, -0.25) is 9.88 Å². The largest absolute Gasteiger partial charge is 0.354 e. The summed E-state index contributed by atoms with van der Waals surface area (Å²) >= 11 is 0. The lowest BCUT2D eigenvalue weighted by atomic mass is 9.96. The molecule has 10 aromatic rings. The maximum Gasteiger partial charge on any atom is 0.137 e. The van der Waals surface area contributed by atoms with Crippen LogP contribution in [0.15, 0.2) is 182 Å². The molecule has 0 unspecified atom stereocenters. The summed E-state index contributed by atoms with van der Waals surface area (Å²) in [5.74, 6) is 0.840. The molecule has 52 heavy (non-hydrogen) atoms. The Morgan fingerprint density at radius 1 is 0.481 bits per heavy atom. The Kier molecular flexibility index (Phi) is 7.07. The van der Waals surface area contributed by atoms with E-state index in [-0.39, 0.29) is 0 Å². The van der Waals surface area contributed by atoms with Crippen molar-refractivity contribution in [1.29, 1.82) is 0 Å². The minimum absolute atomic E-state index is 0.840. The maximum absolute atomic E-state index is 5.43. The van der Waals surface area contributed by atoms with Gasteiger partial charge in [-0.2, -0.15) is 0 Å². The van der Waals surface area contributed by atoms with Crippen LogP contribution >= 0.6 is 0 Å². The van der Waals surface area contributed by atoms with Crippen LogP contribution in [-0.4, -0.2) is 19.9 Å². The molecule has 0 aliphatic heterocycles. The number of hydrogen-bond acceptors (Lipinski definition) is 4. The first-order valence-corrected chi connectivity index (χ1v) is 17.4. The van der Waals surface area contributed by atoms with Gasteiger partial charge in [0.15, 0.2) is 0 Å². The molecule has 4 aromatic heterocycles. The van der Waals surface area contributed by atoms with E-state index >= 15 is 0 Å². The van der Waals surface area contributed by atoms with E-state index in [1.807, 2.05) is 30.7 Å². The van der Waals surface area contributed by atoms with Crippen molar-refractivity contribution in [1.82, 2.24) is 19.9 Å². The average Bonchev–Trinajstić information content (AvgIpc) is 3.60. The Labute approximate surface area is 300 Å². The van der Waals surface area contributed by atoms with E-state index in [2.05, 4.69) is 167 Å². The first kappa shape index (κ1) is 29.8. The number of benzene rings is 6. The zero-order chi connectivity index (χ0) is 34.4. The van der Waals surface area contributed by atoms with Crippen molar-refractivity contribution >= 4 is 60.5 Å². The van der Waals surface area contributed by atoms with E-state index in [1.54, 1.807) is 0 Å². The molecule has 0 fully saturated rings. The van der Waals surface area contributed by atoms with Gasteiger partial charge in [-0.05, 0) is 76.5 Å². The van der Waals surface area contributed by atoms with Crippen LogP contribution in [0.4, 0.5) is 17.2 Å². The topological polar surface area (TPSA) is 57.7 Å². The molecule has 0 radical (unpaired) electrons. The lowest BCUT2D eigenvalue weighted by molar-refractivity contribution is 1.19. The highest BCUT2D eigenvalue weighted by Crippen LogP contribution is 2.41. The first-order chi connectivity index (χ1) is 25.8. The molecular weight excluding hydrogens is 635 g/mol. The highest BCUT2D eigenvalue weighted by atomic mass is 15.2. The highest BCUT2D eigenvalue weighted by Gasteiger charge is 2.19. The minimum atomic E-state index is 0.840. The van der Waals surface area contributed by atoms with Gasteiger partial charge in [0.2, 0.25) is 0 Å². The summed E-state index contributed by atoms with van der Waals surface area (Å²) in [5, 5.41) is 6.95. The number of rotatable bonds is 6. The fourth-order valence-corrected chi connectivity index (χ4v) is 7.51. The number of anilines is 3. The van der Waals surface area contributed by atoms with Crippen LogP contribution in [-0.2, 0) is 0 Å². The zero-order valence-electron chi connectivity index (χ0n) is 28.1. The van der Waals surface area contributed by atoms with E-state index in [0.717, 1.165) is 78.0 Å². The fourth-order valence-electron chi connectivity index (χ4n) is 7.51. The summed E-state index contributed by atoms with van der Waals surface area (Å²) in [6.07, 6.45) is 5.65. The van der Waals surface area contributed by atoms with Crippen LogP contribution in [0.25, 0.3) is 77.0 Å². The van der Waals surface area contributed by atoms with Gasteiger partial charge in [0.1, 0.15) is 5.82 Å². The molecule has 5 nitrogen and oxygen atoms in total. The Bertz CT molecular complexity index is 2920. The third-order valence-electron chi connectivity index (χ3n) is 9.92. The third kappa shape index (κ3) is 5.07. The lowest BCUT2D eigenvalue weighted by Crippen LogP contribution is -2.12. The minimum Gasteiger partial charge on any atom is -0.354 e. The Morgan fingerprint density at radius 2 is 1.21 bits per heavy atom. The lowest BCUT2D eigenvalue weighted by Gasteiger charge is -2.26. The molecule has 0 aliphatic rings. The molecule has 0 saturated heterocycles. The molecule has 4 heterocycles. The van der Waals surface area contributed by atoms with E-state index in [1.165, 1.54) is 16.2 Å². The van der Waals surface area contributed by atoms with Crippen molar-refractivity contribution in [3.8, 4) is 33.6 Å². The summed E-state index contributed by atoms with van der Waals surface area (Å²) in [7, 11) is 0. The Balaban J connectivity index is 1.20. The Hall–Kier alpha value is -7.11. The van der Waals surface area contributed by atoms with Crippen LogP contribution in [0.2, 0.25) is 0 Å². The van der Waals surface area contributed by atoms with E-state index in [9.17, 15) is 0 Å². The molecular formula is C47H31N5. The SMILES string of the molecule is c1ccc(N(c2cccc(-c3cc(-c4cccc5ccncc45)cc(-c4cccc5c4[nH]c4ccccc45)n3)c2)c2cccc3ccccc23)nc1. The Morgan fingerprint density at radius 3 is 2.13 bits per heavy atom. The molecule has 1 N–H and O–H groups in total. The number of H-pyrrole nitrogens is 1. The molecule has 244 valence electrons. The van der Waals surface area contributed by atoms with Crippen LogP contribution in [0.1, 0.15) is 0 Å². The van der Waals surface area contributed by atoms with Crippen molar-refractivity contribution in [3.63, 3.8) is 0 Å². The van der Waals surface area contributed by atoms with Crippen molar-refractivity contribution < 1.29 is 0 Å². The molecule has 0 saturated carbocycles. The number of fused-ring (bicyclic) bond motifs is 5. The number of aromatic nitrogens is 4. The molecule has 0 aliphatic carbocycles. The molecule has 5 heteroatoms. The van der Waals surface area contributed by atoms with Gasteiger partial charge >= 0.3 is 0 Å². The van der Waals surface area contributed by atoms with Gasteiger partial charge in [-0.15, -0.1) is 0 Å². The zero-order valence-corrected chi connectivity index (χ0v) is 28.1. The molecule has 0 atom stereocenters. The highest BCUT2D eigenvalue weighted by molar-refractivity contribution is 6.12. The second kappa shape index (κ2) is 12.3. The van der Waals surface area contributed by atoms with Crippen LogP contribution in [0, 0.1) is 0 Å². The number of hydrogen-bond donors (Lipinski definition) is 1. The van der Waals surface area contributed by atoms with Crippen molar-refractivity contribution in [2.45, 2.75) is 0 Å². The second-order valence-electron chi connectivity index (χ2n) is 13.0. The monoisotopic (exact) mass is 665 g/mol. The summed E-state index contributed by atoms with van der Waals surface area (Å²) < 4.78 is 0. The smallest absolute Gasteiger partial charge is 0.137 e. The normalized spacial score (nSPS) is 11.5. The van der Waals surface area contributed by atoms with E-state index < -0.39 is 0 Å². The predicted octanol–water partition coefficient (Wildman–Crippen LogP) is 12.3. The van der Waals surface area contributed by atoms with Gasteiger partial charge in [0.05, 0.1) is 22.6 Å². The predicted molar refractivity (Wildman–Crippen MR) is 215 cm³/mol. The quantitative estimate of drug-likeness (QED) is 0.192. The van der Waals surface area contributed by atoms with E-state index in [4.69, 9.17) is 9.97 Å². The molecule has 10 rings (SSSR count). The summed E-state index contributed by atoms with van der Waals surface area (Å²) in [6.45, 7) is 0. The third-order valence-corrected chi connectivity index (χ3v) is 9.92. The number of nitrogens with one attached hydrogen (secondary N) is 1. The number of para-hydroxylation sites is 2. The fraction of sp³-hybridized carbons (Fsp3) is 0. The van der Waals surface area contributed by atoms with Crippen LogP contribution < -0.4 is 4.90 Å². The summed E-state index contributed by atoms with van der Waals surface area (Å²) in [4.78, 5) is 20.7. The first-order valence-electron chi connectivity index (χ1n) is 17.4. The maximum atomic E-state index is 5.43. The second-order valence-corrected chi connectivity index (χ2v) is 13.0. The molecule has 0 spiro atoms. The number of pyridine rings is 3. The summed E-state index contributed by atoms with van der Waals surface area (Å²) in [5.41, 5.74) is 10.3. The van der Waals surface area contributed by atoms with Gasteiger partial charge in [0.25, 0.3) is 0 Å². The average molecular weight is 666 g/mol. The molecule has 0 amide bonds.